The lowest BCUT2D eigenvalue weighted by atomic mass is 9.86. The summed E-state index contributed by atoms with van der Waals surface area (Å²) in [6.45, 7) is 1.91. The average molecular weight is 234 g/mol. The molecule has 3 aliphatic carbocycles. The average Bonchev–Trinajstić information content (AvgIpc) is 2.80. The maximum atomic E-state index is 9.96. The highest BCUT2D eigenvalue weighted by Crippen LogP contribution is 2.52. The SMILES string of the molecule is C1=CC2C3C=CC(C3)C2C1.CC1(C(=O)O)CO1. The van der Waals surface area contributed by atoms with Gasteiger partial charge in [0.15, 0.2) is 5.60 Å². The van der Waals surface area contributed by atoms with Gasteiger partial charge in [-0.2, -0.15) is 0 Å². The predicted octanol–water partition coefficient (Wildman–Crippen LogP) is 2.24. The predicted molar refractivity (Wildman–Crippen MR) is 63.5 cm³/mol. The van der Waals surface area contributed by atoms with Crippen molar-refractivity contribution in [2.45, 2.75) is 25.4 Å². The van der Waals surface area contributed by atoms with Crippen LogP contribution in [0.5, 0.6) is 0 Å². The van der Waals surface area contributed by atoms with E-state index in [1.165, 1.54) is 12.8 Å². The Balaban J connectivity index is 0.000000115. The number of epoxide rings is 1. The molecule has 5 atom stereocenters. The number of rotatable bonds is 1. The van der Waals surface area contributed by atoms with Crippen molar-refractivity contribution in [2.75, 3.05) is 6.61 Å². The summed E-state index contributed by atoms with van der Waals surface area (Å²) < 4.78 is 4.56. The van der Waals surface area contributed by atoms with Crippen LogP contribution in [0.25, 0.3) is 0 Å². The van der Waals surface area contributed by atoms with Gasteiger partial charge in [0.25, 0.3) is 0 Å². The van der Waals surface area contributed by atoms with Crippen molar-refractivity contribution in [2.24, 2.45) is 23.7 Å². The Bertz CT molecular complexity index is 392. The van der Waals surface area contributed by atoms with E-state index >= 15 is 0 Å². The van der Waals surface area contributed by atoms with E-state index in [1.54, 1.807) is 6.92 Å². The number of hydrogen-bond acceptors (Lipinski definition) is 2. The Labute approximate surface area is 101 Å². The van der Waals surface area contributed by atoms with E-state index in [1.807, 2.05) is 0 Å². The Hall–Kier alpha value is -1.09. The Kier molecular flexibility index (Phi) is 2.40. The van der Waals surface area contributed by atoms with Crippen LogP contribution < -0.4 is 0 Å². The normalized spacial score (nSPS) is 47.6. The molecule has 0 aromatic rings. The molecule has 3 heteroatoms. The first kappa shape index (κ1) is 11.0. The molecule has 1 aliphatic heterocycles. The lowest BCUT2D eigenvalue weighted by molar-refractivity contribution is -0.142. The third kappa shape index (κ3) is 1.82. The van der Waals surface area contributed by atoms with E-state index in [4.69, 9.17) is 5.11 Å². The summed E-state index contributed by atoms with van der Waals surface area (Å²) in [6.07, 6.45) is 12.5. The highest BCUT2D eigenvalue weighted by atomic mass is 16.6. The van der Waals surface area contributed by atoms with Gasteiger partial charge in [-0.05, 0) is 43.4 Å². The van der Waals surface area contributed by atoms with Crippen molar-refractivity contribution in [3.63, 3.8) is 0 Å². The van der Waals surface area contributed by atoms with Crippen molar-refractivity contribution in [1.29, 1.82) is 0 Å². The van der Waals surface area contributed by atoms with E-state index in [-0.39, 0.29) is 0 Å². The second-order valence-electron chi connectivity index (χ2n) is 5.68. The molecule has 3 nitrogen and oxygen atoms in total. The highest BCUT2D eigenvalue weighted by Gasteiger charge is 2.47. The Morgan fingerprint density at radius 3 is 2.59 bits per heavy atom. The number of ether oxygens (including phenoxy) is 1. The summed E-state index contributed by atoms with van der Waals surface area (Å²) in [5, 5.41) is 8.19. The topological polar surface area (TPSA) is 49.8 Å². The molecule has 0 amide bonds. The van der Waals surface area contributed by atoms with E-state index in [0.717, 1.165) is 23.7 Å². The minimum Gasteiger partial charge on any atom is -0.479 e. The minimum atomic E-state index is -0.868. The molecular formula is C14H18O3. The van der Waals surface area contributed by atoms with Crippen LogP contribution in [0.3, 0.4) is 0 Å². The second kappa shape index (κ2) is 3.70. The summed E-state index contributed by atoms with van der Waals surface area (Å²) in [7, 11) is 0. The van der Waals surface area contributed by atoms with Crippen LogP contribution in [0.15, 0.2) is 24.3 Å². The first-order valence-corrected chi connectivity index (χ1v) is 6.32. The van der Waals surface area contributed by atoms with Gasteiger partial charge in [-0.1, -0.05) is 24.3 Å². The maximum absolute atomic E-state index is 9.96. The first-order valence-electron chi connectivity index (χ1n) is 6.32. The summed E-state index contributed by atoms with van der Waals surface area (Å²) in [5.74, 6) is 2.95. The first-order chi connectivity index (χ1) is 8.10. The molecule has 5 unspecified atom stereocenters. The van der Waals surface area contributed by atoms with Crippen molar-refractivity contribution in [1.82, 2.24) is 0 Å². The van der Waals surface area contributed by atoms with E-state index < -0.39 is 11.6 Å². The van der Waals surface area contributed by atoms with E-state index in [2.05, 4.69) is 29.0 Å². The number of hydrogen-bond donors (Lipinski definition) is 1. The van der Waals surface area contributed by atoms with Crippen LogP contribution in [-0.4, -0.2) is 23.3 Å². The smallest absolute Gasteiger partial charge is 0.338 e. The van der Waals surface area contributed by atoms with Crippen LogP contribution in [0.1, 0.15) is 19.8 Å². The molecular weight excluding hydrogens is 216 g/mol. The number of carbonyl (C=O) groups is 1. The molecule has 0 aromatic heterocycles. The van der Waals surface area contributed by atoms with Gasteiger partial charge in [0.2, 0.25) is 0 Å². The molecule has 0 aromatic carbocycles. The molecule has 4 aliphatic rings. The fraction of sp³-hybridized carbons (Fsp3) is 0.643. The number of allylic oxidation sites excluding steroid dienone is 4. The zero-order chi connectivity index (χ0) is 12.0. The molecule has 2 fully saturated rings. The highest BCUT2D eigenvalue weighted by molar-refractivity contribution is 5.79. The van der Waals surface area contributed by atoms with Gasteiger partial charge in [0.05, 0.1) is 6.61 Å². The zero-order valence-electron chi connectivity index (χ0n) is 10.0. The lowest BCUT2D eigenvalue weighted by Gasteiger charge is -2.18. The standard InChI is InChI=1S/C10H12.C4H6O3/c1-2-9-7-4-5-8(6-7)10(9)3-1;1-4(2-7-4)3(5)6/h1-2,4-5,7-10H,3,6H2;2H2,1H3,(H,5,6). The van der Waals surface area contributed by atoms with Crippen molar-refractivity contribution in [3.05, 3.63) is 24.3 Å². The third-order valence-corrected chi connectivity index (χ3v) is 4.48. The van der Waals surface area contributed by atoms with Crippen LogP contribution in [0, 0.1) is 23.7 Å². The van der Waals surface area contributed by atoms with Crippen molar-refractivity contribution >= 4 is 5.97 Å². The Morgan fingerprint density at radius 1 is 1.35 bits per heavy atom. The van der Waals surface area contributed by atoms with Crippen molar-refractivity contribution in [3.8, 4) is 0 Å². The number of carboxylic acids is 1. The number of aliphatic carboxylic acids is 1. The molecule has 4 rings (SSSR count). The fourth-order valence-electron chi connectivity index (χ4n) is 3.20. The van der Waals surface area contributed by atoms with E-state index in [0.29, 0.717) is 6.61 Å². The molecule has 17 heavy (non-hydrogen) atoms. The molecule has 1 saturated heterocycles. The van der Waals surface area contributed by atoms with Crippen LogP contribution in [0.2, 0.25) is 0 Å². The summed E-state index contributed by atoms with van der Waals surface area (Å²) in [4.78, 5) is 9.96. The summed E-state index contributed by atoms with van der Waals surface area (Å²) in [5.41, 5.74) is -0.833. The fourth-order valence-corrected chi connectivity index (χ4v) is 3.20. The lowest BCUT2D eigenvalue weighted by Crippen LogP contribution is -2.18. The number of fused-ring (bicyclic) bond motifs is 5. The van der Waals surface area contributed by atoms with Gasteiger partial charge in [-0.15, -0.1) is 0 Å². The molecule has 92 valence electrons. The van der Waals surface area contributed by atoms with Gasteiger partial charge in [0.1, 0.15) is 0 Å². The van der Waals surface area contributed by atoms with E-state index in [9.17, 15) is 4.79 Å². The molecule has 0 radical (unpaired) electrons. The summed E-state index contributed by atoms with van der Waals surface area (Å²) >= 11 is 0. The number of carboxylic acid groups (broad SMARTS) is 1. The molecule has 1 heterocycles. The zero-order valence-corrected chi connectivity index (χ0v) is 10.0. The third-order valence-electron chi connectivity index (χ3n) is 4.48. The Morgan fingerprint density at radius 2 is 2.06 bits per heavy atom. The quantitative estimate of drug-likeness (QED) is 0.559. The minimum absolute atomic E-state index is 0.363. The largest absolute Gasteiger partial charge is 0.479 e. The van der Waals surface area contributed by atoms with Crippen LogP contribution in [-0.2, 0) is 9.53 Å². The van der Waals surface area contributed by atoms with Crippen LogP contribution >= 0.6 is 0 Å². The molecule has 2 bridgehead atoms. The molecule has 1 N–H and O–H groups in total. The van der Waals surface area contributed by atoms with Crippen LogP contribution in [0.4, 0.5) is 0 Å². The van der Waals surface area contributed by atoms with Gasteiger partial charge in [0, 0.05) is 0 Å². The molecule has 0 spiro atoms. The monoisotopic (exact) mass is 234 g/mol. The van der Waals surface area contributed by atoms with Gasteiger partial charge >= 0.3 is 5.97 Å². The maximum Gasteiger partial charge on any atom is 0.338 e. The van der Waals surface area contributed by atoms with Gasteiger partial charge in [-0.3, -0.25) is 0 Å². The van der Waals surface area contributed by atoms with Gasteiger partial charge in [-0.25, -0.2) is 4.79 Å². The molecule has 1 saturated carbocycles. The summed E-state index contributed by atoms with van der Waals surface area (Å²) in [6, 6.07) is 0. The van der Waals surface area contributed by atoms with Gasteiger partial charge < -0.3 is 9.84 Å². The van der Waals surface area contributed by atoms with Crippen molar-refractivity contribution < 1.29 is 14.6 Å². The second-order valence-corrected chi connectivity index (χ2v) is 5.68.